The topological polar surface area (TPSA) is 79.9 Å². The number of H-pyrrole nitrogens is 1. The van der Waals surface area contributed by atoms with E-state index in [1.54, 1.807) is 6.92 Å². The minimum Gasteiger partial charge on any atom is -0.494 e. The fourth-order valence-electron chi connectivity index (χ4n) is 1.56. The molecule has 0 aliphatic carbocycles. The summed E-state index contributed by atoms with van der Waals surface area (Å²) in [6.07, 6.45) is 2.15. The molecule has 6 heteroatoms. The molecular weight excluding hydrogens is 256 g/mol. The molecule has 0 spiro atoms. The van der Waals surface area contributed by atoms with Crippen LogP contribution in [0.3, 0.4) is 0 Å². The Labute approximate surface area is 117 Å². The van der Waals surface area contributed by atoms with Gasteiger partial charge in [-0.1, -0.05) is 13.3 Å². The summed E-state index contributed by atoms with van der Waals surface area (Å²) in [5, 5.41) is 10.6. The molecule has 0 aliphatic heterocycles. The first-order chi connectivity index (χ1) is 9.69. The predicted molar refractivity (Wildman–Crippen MR) is 77.5 cm³/mol. The van der Waals surface area contributed by atoms with Gasteiger partial charge in [-0.05, 0) is 37.6 Å². The molecular formula is C14H18N4O2. The number of aromatic amines is 1. The molecule has 6 nitrogen and oxygen atoms in total. The van der Waals surface area contributed by atoms with Gasteiger partial charge < -0.3 is 10.1 Å². The maximum Gasteiger partial charge on any atom is 0.273 e. The number of hydrogen-bond donors (Lipinski definition) is 2. The third-order valence-electron chi connectivity index (χ3n) is 2.74. The quantitative estimate of drug-likeness (QED) is 0.791. The molecule has 2 aromatic rings. The Morgan fingerprint density at radius 2 is 2.00 bits per heavy atom. The van der Waals surface area contributed by atoms with Crippen LogP contribution in [0.1, 0.15) is 25.5 Å². The maximum atomic E-state index is 11.4. The smallest absolute Gasteiger partial charge is 0.273 e. The van der Waals surface area contributed by atoms with Crippen LogP contribution in [-0.2, 0) is 0 Å². The van der Waals surface area contributed by atoms with Crippen LogP contribution in [0.25, 0.3) is 0 Å². The van der Waals surface area contributed by atoms with Crippen LogP contribution in [0, 0.1) is 6.92 Å². The van der Waals surface area contributed by atoms with E-state index in [1.165, 1.54) is 0 Å². The monoisotopic (exact) mass is 274 g/mol. The lowest BCUT2D eigenvalue weighted by atomic mass is 10.3. The zero-order valence-corrected chi connectivity index (χ0v) is 11.6. The van der Waals surface area contributed by atoms with Crippen molar-refractivity contribution in [3.8, 4) is 5.75 Å². The molecule has 0 fully saturated rings. The predicted octanol–water partition coefficient (Wildman–Crippen LogP) is 2.40. The number of ether oxygens (including phenoxy) is 1. The van der Waals surface area contributed by atoms with Crippen molar-refractivity contribution in [1.29, 1.82) is 0 Å². The van der Waals surface area contributed by atoms with Crippen LogP contribution < -0.4 is 15.6 Å². The van der Waals surface area contributed by atoms with Crippen LogP contribution in [0.5, 0.6) is 5.75 Å². The van der Waals surface area contributed by atoms with Crippen molar-refractivity contribution >= 4 is 11.6 Å². The summed E-state index contributed by atoms with van der Waals surface area (Å²) in [5.74, 6) is 1.15. The van der Waals surface area contributed by atoms with Crippen molar-refractivity contribution < 1.29 is 4.74 Å². The van der Waals surface area contributed by atoms with Gasteiger partial charge in [0.25, 0.3) is 5.56 Å². The van der Waals surface area contributed by atoms with E-state index in [4.69, 9.17) is 4.74 Å². The minimum atomic E-state index is -0.248. The number of hydrogen-bond acceptors (Lipinski definition) is 5. The highest BCUT2D eigenvalue weighted by Crippen LogP contribution is 2.17. The molecule has 0 radical (unpaired) electrons. The van der Waals surface area contributed by atoms with Crippen LogP contribution in [0.15, 0.2) is 29.1 Å². The van der Waals surface area contributed by atoms with E-state index in [0.29, 0.717) is 11.6 Å². The van der Waals surface area contributed by atoms with E-state index in [1.807, 2.05) is 24.3 Å². The Bertz CT molecular complexity index is 607. The van der Waals surface area contributed by atoms with E-state index in [0.717, 1.165) is 30.9 Å². The van der Waals surface area contributed by atoms with Crippen LogP contribution in [0.2, 0.25) is 0 Å². The zero-order chi connectivity index (χ0) is 14.4. The van der Waals surface area contributed by atoms with E-state index < -0.39 is 0 Å². The van der Waals surface area contributed by atoms with Crippen LogP contribution >= 0.6 is 0 Å². The summed E-state index contributed by atoms with van der Waals surface area (Å²) in [4.78, 5) is 14.0. The molecule has 0 saturated carbocycles. The average molecular weight is 274 g/mol. The fourth-order valence-corrected chi connectivity index (χ4v) is 1.56. The maximum absolute atomic E-state index is 11.4. The summed E-state index contributed by atoms with van der Waals surface area (Å²) in [6, 6.07) is 7.47. The summed E-state index contributed by atoms with van der Waals surface area (Å²) in [6.45, 7) is 4.46. The molecule has 0 unspecified atom stereocenters. The molecule has 2 N–H and O–H groups in total. The summed E-state index contributed by atoms with van der Waals surface area (Å²) >= 11 is 0. The minimum absolute atomic E-state index is 0.248. The number of aryl methyl sites for hydroxylation is 1. The number of benzene rings is 1. The fraction of sp³-hybridized carbons (Fsp3) is 0.357. The van der Waals surface area contributed by atoms with E-state index in [-0.39, 0.29) is 5.56 Å². The number of nitrogens with zero attached hydrogens (tertiary/aromatic N) is 2. The van der Waals surface area contributed by atoms with E-state index in [9.17, 15) is 4.79 Å². The van der Waals surface area contributed by atoms with Crippen LogP contribution in [-0.4, -0.2) is 21.8 Å². The van der Waals surface area contributed by atoms with Crippen molar-refractivity contribution in [1.82, 2.24) is 15.2 Å². The number of aromatic nitrogens is 3. The normalized spacial score (nSPS) is 10.3. The third-order valence-corrected chi connectivity index (χ3v) is 2.74. The third kappa shape index (κ3) is 3.81. The molecule has 106 valence electrons. The molecule has 0 amide bonds. The van der Waals surface area contributed by atoms with Gasteiger partial charge in [-0.2, -0.15) is 0 Å². The second-order valence-electron chi connectivity index (χ2n) is 4.44. The lowest BCUT2D eigenvalue weighted by Gasteiger charge is -2.07. The lowest BCUT2D eigenvalue weighted by Crippen LogP contribution is -2.15. The highest BCUT2D eigenvalue weighted by Gasteiger charge is 2.01. The highest BCUT2D eigenvalue weighted by molar-refractivity contribution is 5.54. The Kier molecular flexibility index (Phi) is 4.70. The van der Waals surface area contributed by atoms with Crippen LogP contribution in [0.4, 0.5) is 11.6 Å². The Morgan fingerprint density at radius 3 is 2.65 bits per heavy atom. The molecule has 0 atom stereocenters. The summed E-state index contributed by atoms with van der Waals surface area (Å²) in [5.41, 5.74) is 0.902. The van der Waals surface area contributed by atoms with Gasteiger partial charge >= 0.3 is 0 Å². The van der Waals surface area contributed by atoms with Crippen molar-refractivity contribution in [2.24, 2.45) is 0 Å². The number of nitrogens with one attached hydrogen (secondary N) is 2. The molecule has 0 saturated heterocycles. The molecule has 2 rings (SSSR count). The van der Waals surface area contributed by atoms with Gasteiger partial charge in [0, 0.05) is 5.69 Å². The first kappa shape index (κ1) is 14.0. The number of rotatable bonds is 6. The van der Waals surface area contributed by atoms with Gasteiger partial charge in [0.05, 0.1) is 6.61 Å². The summed E-state index contributed by atoms with van der Waals surface area (Å²) in [7, 11) is 0. The Hall–Kier alpha value is -2.37. The second-order valence-corrected chi connectivity index (χ2v) is 4.44. The van der Waals surface area contributed by atoms with Gasteiger partial charge in [-0.3, -0.25) is 9.78 Å². The molecule has 20 heavy (non-hydrogen) atoms. The van der Waals surface area contributed by atoms with Gasteiger partial charge in [0.15, 0.2) is 0 Å². The van der Waals surface area contributed by atoms with Crippen molar-refractivity contribution in [2.75, 3.05) is 11.9 Å². The first-order valence-electron chi connectivity index (χ1n) is 6.62. The SMILES string of the molecule is CCCCOc1ccc(Nc2nnc(C)c(=O)[nH]2)cc1. The second kappa shape index (κ2) is 6.70. The zero-order valence-electron chi connectivity index (χ0n) is 11.6. The van der Waals surface area contributed by atoms with Crippen molar-refractivity contribution in [3.05, 3.63) is 40.3 Å². The van der Waals surface area contributed by atoms with Crippen molar-refractivity contribution in [2.45, 2.75) is 26.7 Å². The molecule has 0 bridgehead atoms. The Balaban J connectivity index is 1.99. The van der Waals surface area contributed by atoms with Crippen molar-refractivity contribution in [3.63, 3.8) is 0 Å². The van der Waals surface area contributed by atoms with E-state index >= 15 is 0 Å². The van der Waals surface area contributed by atoms with Gasteiger partial charge in [0.1, 0.15) is 11.4 Å². The molecule has 0 aliphatic rings. The summed E-state index contributed by atoms with van der Waals surface area (Å²) < 4.78 is 5.57. The molecule has 1 heterocycles. The highest BCUT2D eigenvalue weighted by atomic mass is 16.5. The van der Waals surface area contributed by atoms with Gasteiger partial charge in [0.2, 0.25) is 5.95 Å². The lowest BCUT2D eigenvalue weighted by molar-refractivity contribution is 0.309. The van der Waals surface area contributed by atoms with Gasteiger partial charge in [-0.15, -0.1) is 10.2 Å². The molecule has 1 aromatic heterocycles. The molecule has 1 aromatic carbocycles. The number of anilines is 2. The first-order valence-corrected chi connectivity index (χ1v) is 6.62. The number of unbranched alkanes of at least 4 members (excludes halogenated alkanes) is 1. The average Bonchev–Trinajstić information content (AvgIpc) is 2.45. The largest absolute Gasteiger partial charge is 0.494 e. The standard InChI is InChI=1S/C14H18N4O2/c1-3-4-9-20-12-7-5-11(6-8-12)15-14-16-13(19)10(2)17-18-14/h5-8H,3-4,9H2,1-2H3,(H2,15,16,18,19). The van der Waals surface area contributed by atoms with E-state index in [2.05, 4.69) is 27.4 Å². The van der Waals surface area contributed by atoms with Gasteiger partial charge in [-0.25, -0.2) is 0 Å². The Morgan fingerprint density at radius 1 is 1.25 bits per heavy atom.